The number of thiophene rings is 1. The Morgan fingerprint density at radius 1 is 0.246 bits per heavy atom. The third-order valence-corrected chi connectivity index (χ3v) is 12.6. The van der Waals surface area contributed by atoms with Crippen LogP contribution < -0.4 is 0 Å². The molecule has 0 radical (unpaired) electrons. The highest BCUT2D eigenvalue weighted by Gasteiger charge is 2.23. The fourth-order valence-corrected chi connectivity index (χ4v) is 9.77. The van der Waals surface area contributed by atoms with Crippen LogP contribution in [-0.4, -0.2) is 15.0 Å². The van der Waals surface area contributed by atoms with Crippen LogP contribution in [0.2, 0.25) is 0 Å². The molecule has 11 aromatic rings. The fourth-order valence-electron chi connectivity index (χ4n) is 8.39. The molecule has 0 unspecified atom stereocenters. The third kappa shape index (κ3) is 6.89. The van der Waals surface area contributed by atoms with Gasteiger partial charge >= 0.3 is 0 Å². The molecule has 0 atom stereocenters. The summed E-state index contributed by atoms with van der Waals surface area (Å²) in [5.41, 5.74) is 14.6. The van der Waals surface area contributed by atoms with E-state index < -0.39 is 0 Å². The molecule has 0 N–H and O–H groups in total. The lowest BCUT2D eigenvalue weighted by molar-refractivity contribution is 1.08. The Bertz CT molecular complexity index is 3260. The average Bonchev–Trinajstić information content (AvgIpc) is 3.74. The molecule has 286 valence electrons. The number of rotatable bonds is 8. The van der Waals surface area contributed by atoms with Crippen molar-refractivity contribution < 1.29 is 0 Å². The lowest BCUT2D eigenvalue weighted by Crippen LogP contribution is -2.00. The molecule has 0 aliphatic carbocycles. The van der Waals surface area contributed by atoms with Crippen LogP contribution in [0.3, 0.4) is 0 Å². The first-order chi connectivity index (χ1) is 30.2. The Kier molecular flexibility index (Phi) is 9.38. The molecular formula is C57H37N3S. The Balaban J connectivity index is 1.23. The summed E-state index contributed by atoms with van der Waals surface area (Å²) in [6.45, 7) is 0. The monoisotopic (exact) mass is 795 g/mol. The van der Waals surface area contributed by atoms with E-state index >= 15 is 0 Å². The van der Waals surface area contributed by atoms with Crippen LogP contribution in [0.25, 0.3) is 110 Å². The summed E-state index contributed by atoms with van der Waals surface area (Å²) in [6.07, 6.45) is 0. The zero-order chi connectivity index (χ0) is 40.5. The Hall–Kier alpha value is -7.79. The predicted octanol–water partition coefficient (Wildman–Crippen LogP) is 15.6. The lowest BCUT2D eigenvalue weighted by atomic mass is 9.90. The molecule has 0 saturated carbocycles. The number of hydrogen-bond donors (Lipinski definition) is 0. The highest BCUT2D eigenvalue weighted by atomic mass is 32.1. The van der Waals surface area contributed by atoms with E-state index in [9.17, 15) is 0 Å². The van der Waals surface area contributed by atoms with Gasteiger partial charge in [-0.25, -0.2) is 15.0 Å². The number of benzene rings is 9. The minimum atomic E-state index is 0.639. The predicted molar refractivity (Wildman–Crippen MR) is 256 cm³/mol. The van der Waals surface area contributed by atoms with E-state index in [1.54, 1.807) is 0 Å². The highest BCUT2D eigenvalue weighted by Crippen LogP contribution is 2.49. The molecule has 0 spiro atoms. The maximum atomic E-state index is 5.28. The molecule has 61 heavy (non-hydrogen) atoms. The fraction of sp³-hybridized carbons (Fsp3) is 0. The summed E-state index contributed by atoms with van der Waals surface area (Å²) in [6, 6.07) is 79.5. The maximum absolute atomic E-state index is 5.28. The van der Waals surface area contributed by atoms with Crippen molar-refractivity contribution in [1.29, 1.82) is 0 Å². The van der Waals surface area contributed by atoms with Crippen LogP contribution in [0.15, 0.2) is 224 Å². The van der Waals surface area contributed by atoms with Crippen LogP contribution in [0.4, 0.5) is 0 Å². The van der Waals surface area contributed by atoms with E-state index in [1.807, 2.05) is 47.7 Å². The van der Waals surface area contributed by atoms with Gasteiger partial charge in [-0.3, -0.25) is 0 Å². The van der Waals surface area contributed by atoms with Gasteiger partial charge in [-0.1, -0.05) is 200 Å². The van der Waals surface area contributed by atoms with Gasteiger partial charge in [0.05, 0.1) is 0 Å². The number of aromatic nitrogens is 3. The van der Waals surface area contributed by atoms with E-state index in [-0.39, 0.29) is 0 Å². The van der Waals surface area contributed by atoms with Gasteiger partial charge in [0.25, 0.3) is 0 Å². The summed E-state index contributed by atoms with van der Waals surface area (Å²) in [4.78, 5) is 15.6. The lowest BCUT2D eigenvalue weighted by Gasteiger charge is -2.15. The van der Waals surface area contributed by atoms with Gasteiger partial charge in [-0.2, -0.15) is 0 Å². The second kappa shape index (κ2) is 15.8. The zero-order valence-corrected chi connectivity index (χ0v) is 33.9. The van der Waals surface area contributed by atoms with Crippen molar-refractivity contribution in [2.45, 2.75) is 0 Å². The molecule has 0 fully saturated rings. The van der Waals surface area contributed by atoms with E-state index in [2.05, 4.69) is 188 Å². The van der Waals surface area contributed by atoms with Crippen LogP contribution in [0.1, 0.15) is 0 Å². The van der Waals surface area contributed by atoms with Crippen LogP contribution >= 0.6 is 11.3 Å². The van der Waals surface area contributed by atoms with E-state index in [0.29, 0.717) is 17.5 Å². The van der Waals surface area contributed by atoms with E-state index in [0.717, 1.165) is 38.8 Å². The molecule has 0 amide bonds. The summed E-state index contributed by atoms with van der Waals surface area (Å²) in [5.74, 6) is 1.92. The van der Waals surface area contributed by atoms with Crippen molar-refractivity contribution in [1.82, 2.24) is 15.0 Å². The molecule has 11 rings (SSSR count). The van der Waals surface area contributed by atoms with Gasteiger partial charge in [-0.05, 0) is 74.3 Å². The molecular weight excluding hydrogens is 759 g/mol. The standard InChI is InChI=1S/C57H37N3S/c1-7-19-38(20-8-1)45-36-50(41-25-13-4-14-26-41)53-51(37-45)52-48(57-59-55(42-27-15-5-16-28-42)58-56(60-57)43-29-17-6-18-30-43)34-33-47(54(52)61-53)44-31-32-46(39-21-9-2-10-22-39)49(35-44)40-23-11-3-12-24-40/h1-37H. The first-order valence-corrected chi connectivity index (χ1v) is 21.3. The highest BCUT2D eigenvalue weighted by molar-refractivity contribution is 7.27. The quantitative estimate of drug-likeness (QED) is 0.154. The Labute approximate surface area is 359 Å². The molecule has 0 saturated heterocycles. The SMILES string of the molecule is c1ccc(-c2cc(-c3ccccc3)c3sc4c(-c5ccc(-c6ccccc6)c(-c6ccccc6)c5)ccc(-c5nc(-c6ccccc6)nc(-c6ccccc6)n5)c4c3c2)cc1. The van der Waals surface area contributed by atoms with Crippen molar-refractivity contribution in [2.24, 2.45) is 0 Å². The number of nitrogens with zero attached hydrogens (tertiary/aromatic N) is 3. The van der Waals surface area contributed by atoms with E-state index in [1.165, 1.54) is 53.7 Å². The molecule has 0 aliphatic heterocycles. The molecule has 2 heterocycles. The van der Waals surface area contributed by atoms with Crippen LogP contribution in [-0.2, 0) is 0 Å². The average molecular weight is 796 g/mol. The minimum absolute atomic E-state index is 0.639. The summed E-state index contributed by atoms with van der Waals surface area (Å²) >= 11 is 1.85. The largest absolute Gasteiger partial charge is 0.208 e. The second-order valence-electron chi connectivity index (χ2n) is 15.1. The van der Waals surface area contributed by atoms with Gasteiger partial charge in [0.2, 0.25) is 0 Å². The molecule has 3 nitrogen and oxygen atoms in total. The zero-order valence-electron chi connectivity index (χ0n) is 33.1. The first-order valence-electron chi connectivity index (χ1n) is 20.5. The molecule has 2 aromatic heterocycles. The smallest absolute Gasteiger partial charge is 0.164 e. The van der Waals surface area contributed by atoms with Gasteiger partial charge in [0, 0.05) is 42.4 Å². The first kappa shape index (κ1) is 36.3. The third-order valence-electron chi connectivity index (χ3n) is 11.4. The van der Waals surface area contributed by atoms with Gasteiger partial charge in [0.15, 0.2) is 17.5 Å². The van der Waals surface area contributed by atoms with Crippen LogP contribution in [0.5, 0.6) is 0 Å². The minimum Gasteiger partial charge on any atom is -0.208 e. The maximum Gasteiger partial charge on any atom is 0.164 e. The van der Waals surface area contributed by atoms with Gasteiger partial charge < -0.3 is 0 Å². The number of fused-ring (bicyclic) bond motifs is 3. The summed E-state index contributed by atoms with van der Waals surface area (Å²) in [7, 11) is 0. The number of hydrogen-bond acceptors (Lipinski definition) is 4. The molecule has 0 aliphatic rings. The topological polar surface area (TPSA) is 38.7 Å². The van der Waals surface area contributed by atoms with Gasteiger partial charge in [0.1, 0.15) is 0 Å². The summed E-state index contributed by atoms with van der Waals surface area (Å²) < 4.78 is 2.41. The summed E-state index contributed by atoms with van der Waals surface area (Å²) in [5, 5.41) is 2.30. The van der Waals surface area contributed by atoms with Crippen molar-refractivity contribution in [3.63, 3.8) is 0 Å². The van der Waals surface area contributed by atoms with Gasteiger partial charge in [-0.15, -0.1) is 11.3 Å². The molecule has 4 heteroatoms. The Morgan fingerprint density at radius 2 is 0.656 bits per heavy atom. The molecule has 9 aromatic carbocycles. The van der Waals surface area contributed by atoms with Crippen molar-refractivity contribution in [3.05, 3.63) is 224 Å². The Morgan fingerprint density at radius 3 is 1.20 bits per heavy atom. The van der Waals surface area contributed by atoms with Crippen molar-refractivity contribution in [2.75, 3.05) is 0 Å². The van der Waals surface area contributed by atoms with E-state index in [4.69, 9.17) is 15.0 Å². The normalized spacial score (nSPS) is 11.3. The second-order valence-corrected chi connectivity index (χ2v) is 16.2. The van der Waals surface area contributed by atoms with Crippen molar-refractivity contribution >= 4 is 31.5 Å². The molecule has 0 bridgehead atoms. The van der Waals surface area contributed by atoms with Crippen molar-refractivity contribution in [3.8, 4) is 89.8 Å². The van der Waals surface area contributed by atoms with Crippen LogP contribution in [0, 0.1) is 0 Å².